The van der Waals surface area contributed by atoms with Gasteiger partial charge in [-0.2, -0.15) is 0 Å². The fraction of sp³-hybridized carbons (Fsp3) is 0. The predicted octanol–water partition coefficient (Wildman–Crippen LogP) is 3.17. The molecule has 0 amide bonds. The molecule has 2 aromatic carbocycles. The van der Waals surface area contributed by atoms with Gasteiger partial charge in [0.25, 0.3) is 0 Å². The van der Waals surface area contributed by atoms with E-state index in [1.54, 1.807) is 48.7 Å². The Hall–Kier alpha value is -3.94. The summed E-state index contributed by atoms with van der Waals surface area (Å²) in [5, 5.41) is 34.5. The van der Waals surface area contributed by atoms with Crippen LogP contribution < -0.4 is 5.32 Å². The zero-order valence-corrected chi connectivity index (χ0v) is 13.3. The molecule has 2 heterocycles. The van der Waals surface area contributed by atoms with Gasteiger partial charge in [-0.25, -0.2) is 4.79 Å². The van der Waals surface area contributed by atoms with Crippen LogP contribution >= 0.6 is 0 Å². The number of aromatic amines is 1. The van der Waals surface area contributed by atoms with Crippen molar-refractivity contribution in [3.05, 3.63) is 60.3 Å². The molecule has 0 radical (unpaired) electrons. The molecule has 0 saturated carbocycles. The lowest BCUT2D eigenvalue weighted by atomic mass is 10.0. The third kappa shape index (κ3) is 2.69. The highest BCUT2D eigenvalue weighted by Crippen LogP contribution is 2.34. The number of phenolic OH excluding ortho intramolecular Hbond substituents is 1. The summed E-state index contributed by atoms with van der Waals surface area (Å²) in [6.45, 7) is 0. The second-order valence-electron chi connectivity index (χ2n) is 5.59. The molecule has 8 nitrogen and oxygen atoms in total. The molecule has 0 fully saturated rings. The van der Waals surface area contributed by atoms with E-state index in [9.17, 15) is 15.0 Å². The smallest absolute Gasteiger partial charge is 0.336 e. The van der Waals surface area contributed by atoms with Gasteiger partial charge in [0.2, 0.25) is 0 Å². The van der Waals surface area contributed by atoms with E-state index >= 15 is 0 Å². The highest BCUT2D eigenvalue weighted by Gasteiger charge is 2.19. The van der Waals surface area contributed by atoms with Gasteiger partial charge in [-0.05, 0) is 35.5 Å². The zero-order chi connectivity index (χ0) is 18.1. The maximum atomic E-state index is 11.6. The first kappa shape index (κ1) is 15.6. The summed E-state index contributed by atoms with van der Waals surface area (Å²) in [5.41, 5.74) is 2.90. The number of hydrogen-bond donors (Lipinski definition) is 4. The van der Waals surface area contributed by atoms with Gasteiger partial charge < -0.3 is 20.5 Å². The standard InChI is InChI=1S/C18H13N5O3/c24-11-7-5-10(6-8-11)20-14-9-19-17-15(14)16(21-23-22-17)12-3-1-2-4-13(12)18(25)26/h1-9,20,24H,(H,25,26)(H,19,21,22). The van der Waals surface area contributed by atoms with Gasteiger partial charge in [-0.15, -0.1) is 10.2 Å². The summed E-state index contributed by atoms with van der Waals surface area (Å²) < 4.78 is 0. The number of rotatable bonds is 4. The van der Waals surface area contributed by atoms with Crippen molar-refractivity contribution in [2.75, 3.05) is 5.32 Å². The van der Waals surface area contributed by atoms with E-state index in [0.29, 0.717) is 28.0 Å². The zero-order valence-electron chi connectivity index (χ0n) is 13.3. The second kappa shape index (κ2) is 6.17. The minimum atomic E-state index is -1.05. The molecule has 26 heavy (non-hydrogen) atoms. The third-order valence-electron chi connectivity index (χ3n) is 3.94. The Morgan fingerprint density at radius 3 is 2.58 bits per heavy atom. The lowest BCUT2D eigenvalue weighted by molar-refractivity contribution is 0.0697. The monoisotopic (exact) mass is 347 g/mol. The minimum absolute atomic E-state index is 0.131. The lowest BCUT2D eigenvalue weighted by Crippen LogP contribution is -2.02. The Bertz CT molecular complexity index is 1110. The first-order chi connectivity index (χ1) is 12.6. The molecule has 128 valence electrons. The van der Waals surface area contributed by atoms with Gasteiger partial charge in [-0.3, -0.25) is 0 Å². The van der Waals surface area contributed by atoms with Crippen molar-refractivity contribution >= 4 is 28.4 Å². The van der Waals surface area contributed by atoms with Crippen LogP contribution in [0.3, 0.4) is 0 Å². The molecule has 0 saturated heterocycles. The third-order valence-corrected chi connectivity index (χ3v) is 3.94. The van der Waals surface area contributed by atoms with Crippen molar-refractivity contribution in [1.82, 2.24) is 20.4 Å². The van der Waals surface area contributed by atoms with Crippen LogP contribution in [0.4, 0.5) is 11.4 Å². The largest absolute Gasteiger partial charge is 0.508 e. The van der Waals surface area contributed by atoms with Crippen molar-refractivity contribution in [3.63, 3.8) is 0 Å². The molecule has 4 N–H and O–H groups in total. The van der Waals surface area contributed by atoms with Gasteiger partial charge in [0.05, 0.1) is 16.6 Å². The summed E-state index contributed by atoms with van der Waals surface area (Å²) in [6.07, 6.45) is 1.71. The average Bonchev–Trinajstić information content (AvgIpc) is 3.06. The number of hydrogen-bond acceptors (Lipinski definition) is 6. The molecule has 0 aliphatic rings. The Morgan fingerprint density at radius 1 is 1.04 bits per heavy atom. The van der Waals surface area contributed by atoms with Crippen LogP contribution in [0.2, 0.25) is 0 Å². The molecule has 0 bridgehead atoms. The lowest BCUT2D eigenvalue weighted by Gasteiger charge is -2.09. The van der Waals surface area contributed by atoms with Crippen molar-refractivity contribution in [1.29, 1.82) is 0 Å². The number of carboxylic acid groups (broad SMARTS) is 1. The normalized spacial score (nSPS) is 10.8. The Labute approximate surface area is 147 Å². The van der Waals surface area contributed by atoms with Crippen molar-refractivity contribution in [3.8, 4) is 17.0 Å². The molecule has 0 aliphatic carbocycles. The Morgan fingerprint density at radius 2 is 1.81 bits per heavy atom. The van der Waals surface area contributed by atoms with E-state index in [1.165, 1.54) is 6.07 Å². The van der Waals surface area contributed by atoms with Gasteiger partial charge >= 0.3 is 5.97 Å². The molecule has 8 heteroatoms. The van der Waals surface area contributed by atoms with E-state index < -0.39 is 5.97 Å². The van der Waals surface area contributed by atoms with Crippen LogP contribution in [-0.2, 0) is 0 Å². The van der Waals surface area contributed by atoms with Crippen molar-refractivity contribution in [2.45, 2.75) is 0 Å². The molecule has 4 aromatic rings. The maximum Gasteiger partial charge on any atom is 0.336 e. The number of fused-ring (bicyclic) bond motifs is 1. The highest BCUT2D eigenvalue weighted by atomic mass is 16.4. The number of nitrogens with one attached hydrogen (secondary N) is 2. The quantitative estimate of drug-likeness (QED) is 0.418. The van der Waals surface area contributed by atoms with Crippen LogP contribution in [-0.4, -0.2) is 36.6 Å². The number of benzene rings is 2. The van der Waals surface area contributed by atoms with E-state index in [1.807, 2.05) is 0 Å². The second-order valence-corrected chi connectivity index (χ2v) is 5.59. The average molecular weight is 347 g/mol. The molecular formula is C18H13N5O3. The number of aromatic carboxylic acids is 1. The van der Waals surface area contributed by atoms with Gasteiger partial charge in [-0.1, -0.05) is 18.2 Å². The number of H-pyrrole nitrogens is 1. The first-order valence-electron chi connectivity index (χ1n) is 7.72. The van der Waals surface area contributed by atoms with Gasteiger partial charge in [0.1, 0.15) is 11.4 Å². The molecule has 2 aromatic heterocycles. The summed E-state index contributed by atoms with van der Waals surface area (Å²) >= 11 is 0. The van der Waals surface area contributed by atoms with E-state index in [2.05, 4.69) is 25.7 Å². The Kier molecular flexibility index (Phi) is 3.70. The predicted molar refractivity (Wildman–Crippen MR) is 95.5 cm³/mol. The van der Waals surface area contributed by atoms with Crippen LogP contribution in [0.25, 0.3) is 22.3 Å². The maximum absolute atomic E-state index is 11.6. The molecule has 4 rings (SSSR count). The van der Waals surface area contributed by atoms with Crippen molar-refractivity contribution < 1.29 is 15.0 Å². The van der Waals surface area contributed by atoms with Crippen molar-refractivity contribution in [2.24, 2.45) is 0 Å². The summed E-state index contributed by atoms with van der Waals surface area (Å²) in [7, 11) is 0. The number of aromatic nitrogens is 4. The van der Waals surface area contributed by atoms with E-state index in [0.717, 1.165) is 5.69 Å². The molecule has 0 unspecified atom stereocenters. The SMILES string of the molecule is O=C(O)c1ccccc1-c1nnnc2[nH]cc(Nc3ccc(O)cc3)c12. The van der Waals surface area contributed by atoms with Crippen LogP contribution in [0.1, 0.15) is 10.4 Å². The number of aromatic hydroxyl groups is 1. The Balaban J connectivity index is 1.88. The van der Waals surface area contributed by atoms with E-state index in [4.69, 9.17) is 0 Å². The fourth-order valence-electron chi connectivity index (χ4n) is 2.76. The number of phenols is 1. The van der Waals surface area contributed by atoms with Gasteiger partial charge in [0.15, 0.2) is 5.65 Å². The van der Waals surface area contributed by atoms with Crippen LogP contribution in [0.15, 0.2) is 54.7 Å². The fourth-order valence-corrected chi connectivity index (χ4v) is 2.76. The van der Waals surface area contributed by atoms with E-state index in [-0.39, 0.29) is 11.3 Å². The topological polar surface area (TPSA) is 124 Å². The van der Waals surface area contributed by atoms with Gasteiger partial charge in [0, 0.05) is 17.4 Å². The summed E-state index contributed by atoms with van der Waals surface area (Å²) in [4.78, 5) is 14.6. The molecule has 0 spiro atoms. The molecule has 0 atom stereocenters. The number of anilines is 2. The first-order valence-corrected chi connectivity index (χ1v) is 7.72. The summed E-state index contributed by atoms with van der Waals surface area (Å²) in [6, 6.07) is 13.2. The number of nitrogens with zero attached hydrogens (tertiary/aromatic N) is 3. The van der Waals surface area contributed by atoms with Crippen LogP contribution in [0, 0.1) is 0 Å². The minimum Gasteiger partial charge on any atom is -0.508 e. The molecular weight excluding hydrogens is 334 g/mol. The summed E-state index contributed by atoms with van der Waals surface area (Å²) in [5.74, 6) is -0.881. The number of carboxylic acids is 1. The molecule has 0 aliphatic heterocycles. The van der Waals surface area contributed by atoms with Crippen LogP contribution in [0.5, 0.6) is 5.75 Å². The highest BCUT2D eigenvalue weighted by molar-refractivity contribution is 6.05. The number of carbonyl (C=O) groups is 1.